The second kappa shape index (κ2) is 6.41. The molecule has 0 spiro atoms. The molecule has 0 saturated carbocycles. The second-order valence-electron chi connectivity index (χ2n) is 3.99. The van der Waals surface area contributed by atoms with Crippen LogP contribution < -0.4 is 0 Å². The van der Waals surface area contributed by atoms with Gasteiger partial charge in [0.05, 0.1) is 16.5 Å². The van der Waals surface area contributed by atoms with Crippen molar-refractivity contribution in [1.29, 1.82) is 0 Å². The van der Waals surface area contributed by atoms with Gasteiger partial charge in [-0.2, -0.15) is 0 Å². The molecular formula is C12H12N2O6. The molecule has 0 atom stereocenters. The molecule has 0 fully saturated rings. The lowest BCUT2D eigenvalue weighted by atomic mass is 10.1. The molecule has 20 heavy (non-hydrogen) atoms. The Morgan fingerprint density at radius 3 is 2.45 bits per heavy atom. The zero-order valence-corrected chi connectivity index (χ0v) is 10.7. The number of benzene rings is 1. The van der Waals surface area contributed by atoms with Crippen molar-refractivity contribution in [2.75, 3.05) is 6.61 Å². The highest BCUT2D eigenvalue weighted by atomic mass is 16.6. The van der Waals surface area contributed by atoms with Crippen LogP contribution in [0.3, 0.4) is 0 Å². The van der Waals surface area contributed by atoms with Gasteiger partial charge in [-0.05, 0) is 6.92 Å². The quantitative estimate of drug-likeness (QED) is 0.341. The van der Waals surface area contributed by atoms with E-state index in [-0.39, 0.29) is 35.5 Å². The number of nitro benzene ring substituents is 2. The van der Waals surface area contributed by atoms with Crippen LogP contribution in [0, 0.1) is 20.2 Å². The molecule has 0 amide bonds. The third-order valence-electron chi connectivity index (χ3n) is 2.42. The summed E-state index contributed by atoms with van der Waals surface area (Å²) in [6.45, 7) is 4.74. The molecule has 8 heteroatoms. The third-order valence-corrected chi connectivity index (χ3v) is 2.42. The molecule has 8 nitrogen and oxygen atoms in total. The van der Waals surface area contributed by atoms with Crippen molar-refractivity contribution in [2.45, 2.75) is 13.3 Å². The van der Waals surface area contributed by atoms with Crippen molar-refractivity contribution in [3.63, 3.8) is 0 Å². The minimum absolute atomic E-state index is 0.0109. The fraction of sp³-hybridized carbons (Fsp3) is 0.250. The molecule has 0 saturated heterocycles. The number of non-ortho nitro benzene ring substituents is 1. The van der Waals surface area contributed by atoms with Gasteiger partial charge in [-0.1, -0.05) is 6.58 Å². The summed E-state index contributed by atoms with van der Waals surface area (Å²) in [5.41, 5.74) is -0.156. The molecule has 106 valence electrons. The first-order chi connectivity index (χ1) is 9.32. The summed E-state index contributed by atoms with van der Waals surface area (Å²) in [7, 11) is 0. The van der Waals surface area contributed by atoms with Crippen molar-refractivity contribution in [1.82, 2.24) is 0 Å². The number of hydrogen-bond donors (Lipinski definition) is 0. The largest absolute Gasteiger partial charge is 0.462 e. The Kier molecular flexibility index (Phi) is 4.90. The number of carbonyl (C=O) groups is 1. The molecule has 0 N–H and O–H groups in total. The molecular weight excluding hydrogens is 268 g/mol. The van der Waals surface area contributed by atoms with Crippen LogP contribution in [0.25, 0.3) is 0 Å². The molecule has 0 unspecified atom stereocenters. The van der Waals surface area contributed by atoms with Gasteiger partial charge in [-0.15, -0.1) is 0 Å². The van der Waals surface area contributed by atoms with Gasteiger partial charge in [-0.3, -0.25) is 20.2 Å². The lowest BCUT2D eigenvalue weighted by Gasteiger charge is -2.05. The van der Waals surface area contributed by atoms with Crippen molar-refractivity contribution in [3.8, 4) is 0 Å². The fourth-order valence-electron chi connectivity index (χ4n) is 1.44. The summed E-state index contributed by atoms with van der Waals surface area (Å²) >= 11 is 0. The van der Waals surface area contributed by atoms with Gasteiger partial charge < -0.3 is 4.74 Å². The van der Waals surface area contributed by atoms with Crippen LogP contribution in [0.15, 0.2) is 30.4 Å². The van der Waals surface area contributed by atoms with E-state index in [1.165, 1.54) is 6.92 Å². The number of nitrogens with zero attached hydrogens (tertiary/aromatic N) is 2. The summed E-state index contributed by atoms with van der Waals surface area (Å²) in [6, 6.07) is 3.22. The standard InChI is InChI=1S/C12H12N2O6/c1-8(2)12(15)20-6-5-9-7-10(13(16)17)3-4-11(9)14(18)19/h3-4,7H,1,5-6H2,2H3. The van der Waals surface area contributed by atoms with Gasteiger partial charge in [0.1, 0.15) is 0 Å². The van der Waals surface area contributed by atoms with Crippen LogP contribution in [0.5, 0.6) is 0 Å². The summed E-state index contributed by atoms with van der Waals surface area (Å²) in [4.78, 5) is 31.3. The van der Waals surface area contributed by atoms with E-state index in [2.05, 4.69) is 6.58 Å². The Balaban J connectivity index is 2.88. The summed E-state index contributed by atoms with van der Waals surface area (Å²) in [6.07, 6.45) is 0.0109. The monoisotopic (exact) mass is 280 g/mol. The zero-order chi connectivity index (χ0) is 15.3. The van der Waals surface area contributed by atoms with Crippen LogP contribution in [0.4, 0.5) is 11.4 Å². The van der Waals surface area contributed by atoms with Crippen LogP contribution in [0.2, 0.25) is 0 Å². The average Bonchev–Trinajstić information content (AvgIpc) is 2.37. The fourth-order valence-corrected chi connectivity index (χ4v) is 1.44. The first kappa shape index (κ1) is 15.3. The summed E-state index contributed by atoms with van der Waals surface area (Å²) in [5, 5.41) is 21.5. The highest BCUT2D eigenvalue weighted by molar-refractivity contribution is 5.86. The first-order valence-corrected chi connectivity index (χ1v) is 5.57. The predicted molar refractivity (Wildman–Crippen MR) is 69.2 cm³/mol. The molecule has 0 aromatic heterocycles. The smallest absolute Gasteiger partial charge is 0.333 e. The molecule has 0 aliphatic carbocycles. The maximum atomic E-state index is 11.2. The van der Waals surface area contributed by atoms with Crippen LogP contribution in [0.1, 0.15) is 12.5 Å². The number of esters is 1. The average molecular weight is 280 g/mol. The molecule has 0 radical (unpaired) electrons. The van der Waals surface area contributed by atoms with Gasteiger partial charge in [0, 0.05) is 35.8 Å². The van der Waals surface area contributed by atoms with E-state index >= 15 is 0 Å². The van der Waals surface area contributed by atoms with Crippen LogP contribution in [-0.4, -0.2) is 22.4 Å². The van der Waals surface area contributed by atoms with Crippen molar-refractivity contribution < 1.29 is 19.4 Å². The number of rotatable bonds is 6. The summed E-state index contributed by atoms with van der Waals surface area (Å²) < 4.78 is 4.81. The lowest BCUT2D eigenvalue weighted by Crippen LogP contribution is -2.09. The Hall–Kier alpha value is -2.77. The normalized spacial score (nSPS) is 9.85. The number of ether oxygens (including phenoxy) is 1. The van der Waals surface area contributed by atoms with E-state index in [0.717, 1.165) is 18.2 Å². The molecule has 0 bridgehead atoms. The number of nitro groups is 2. The maximum absolute atomic E-state index is 11.2. The van der Waals surface area contributed by atoms with Gasteiger partial charge in [0.2, 0.25) is 0 Å². The Bertz CT molecular complexity index is 581. The lowest BCUT2D eigenvalue weighted by molar-refractivity contribution is -0.389. The van der Waals surface area contributed by atoms with Gasteiger partial charge in [0.25, 0.3) is 11.4 Å². The van der Waals surface area contributed by atoms with E-state index in [9.17, 15) is 25.0 Å². The van der Waals surface area contributed by atoms with Crippen LogP contribution in [-0.2, 0) is 16.0 Å². The molecule has 0 aliphatic heterocycles. The minimum Gasteiger partial charge on any atom is -0.462 e. The van der Waals surface area contributed by atoms with Crippen molar-refractivity contribution in [3.05, 3.63) is 56.1 Å². The molecule has 1 aromatic carbocycles. The Morgan fingerprint density at radius 2 is 1.95 bits per heavy atom. The van der Waals surface area contributed by atoms with E-state index in [4.69, 9.17) is 4.74 Å². The van der Waals surface area contributed by atoms with Gasteiger partial charge >= 0.3 is 5.97 Å². The third kappa shape index (κ3) is 3.87. The maximum Gasteiger partial charge on any atom is 0.333 e. The highest BCUT2D eigenvalue weighted by Crippen LogP contribution is 2.24. The molecule has 0 heterocycles. The van der Waals surface area contributed by atoms with E-state index in [1.807, 2.05) is 0 Å². The van der Waals surface area contributed by atoms with Gasteiger partial charge in [-0.25, -0.2) is 4.79 Å². The van der Waals surface area contributed by atoms with Crippen molar-refractivity contribution >= 4 is 17.3 Å². The highest BCUT2D eigenvalue weighted by Gasteiger charge is 2.18. The predicted octanol–water partition coefficient (Wildman–Crippen LogP) is 2.16. The second-order valence-corrected chi connectivity index (χ2v) is 3.99. The summed E-state index contributed by atoms with van der Waals surface area (Å²) in [5.74, 6) is -0.613. The van der Waals surface area contributed by atoms with Gasteiger partial charge in [0.15, 0.2) is 0 Å². The Labute approximate surface area is 114 Å². The van der Waals surface area contributed by atoms with E-state index in [0.29, 0.717) is 0 Å². The molecule has 0 aliphatic rings. The molecule has 1 rings (SSSR count). The number of hydrogen-bond acceptors (Lipinski definition) is 6. The SMILES string of the molecule is C=C(C)C(=O)OCCc1cc([N+](=O)[O-])ccc1[N+](=O)[O-]. The Morgan fingerprint density at radius 1 is 1.30 bits per heavy atom. The minimum atomic E-state index is -0.646. The van der Waals surface area contributed by atoms with E-state index < -0.39 is 15.8 Å². The van der Waals surface area contributed by atoms with E-state index in [1.54, 1.807) is 0 Å². The number of carbonyl (C=O) groups excluding carboxylic acids is 1. The molecule has 1 aromatic rings. The topological polar surface area (TPSA) is 113 Å². The van der Waals surface area contributed by atoms with Crippen LogP contribution >= 0.6 is 0 Å². The first-order valence-electron chi connectivity index (χ1n) is 5.57. The zero-order valence-electron chi connectivity index (χ0n) is 10.7. The van der Waals surface area contributed by atoms with Crippen molar-refractivity contribution in [2.24, 2.45) is 0 Å².